The number of benzene rings is 1. The number of carbonyl (C=O) groups excluding carboxylic acids is 1. The Morgan fingerprint density at radius 3 is 2.65 bits per heavy atom. The molecule has 1 rings (SSSR count). The molecule has 0 fully saturated rings. The van der Waals surface area contributed by atoms with Crippen LogP contribution in [0.25, 0.3) is 0 Å². The lowest BCUT2D eigenvalue weighted by molar-refractivity contribution is -0.126. The molecule has 1 amide bonds. The van der Waals surface area contributed by atoms with Crippen molar-refractivity contribution < 1.29 is 13.9 Å². The van der Waals surface area contributed by atoms with Gasteiger partial charge < -0.3 is 10.1 Å². The number of methoxy groups -OCH3 is 1. The Morgan fingerprint density at radius 1 is 1.45 bits per heavy atom. The van der Waals surface area contributed by atoms with Crippen LogP contribution < -0.4 is 10.1 Å². The summed E-state index contributed by atoms with van der Waals surface area (Å²) in [7, 11) is 3.34. The predicted molar refractivity (Wildman–Crippen MR) is 77.2 cm³/mol. The molecule has 1 aromatic rings. The van der Waals surface area contributed by atoms with Crippen LogP contribution in [0.2, 0.25) is 0 Å². The van der Waals surface area contributed by atoms with E-state index in [0.29, 0.717) is 12.1 Å². The molecule has 112 valence electrons. The average Bonchev–Trinajstić information content (AvgIpc) is 2.45. The minimum absolute atomic E-state index is 0.0342. The Kier molecular flexibility index (Phi) is 6.45. The summed E-state index contributed by atoms with van der Waals surface area (Å²) in [5, 5.41) is 2.84. The highest BCUT2D eigenvalue weighted by molar-refractivity contribution is 5.81. The number of nitrogens with zero attached hydrogens (tertiary/aromatic N) is 1. The molecule has 4 nitrogen and oxygen atoms in total. The molecule has 0 saturated heterocycles. The molecule has 5 heteroatoms. The van der Waals surface area contributed by atoms with Crippen LogP contribution in [0.5, 0.6) is 5.75 Å². The number of ether oxygens (including phenoxy) is 1. The van der Waals surface area contributed by atoms with E-state index in [1.54, 1.807) is 12.1 Å². The van der Waals surface area contributed by atoms with Crippen molar-refractivity contribution in [2.24, 2.45) is 0 Å². The number of nitrogens with one attached hydrogen (secondary N) is 1. The molecule has 0 aliphatic carbocycles. The van der Waals surface area contributed by atoms with Gasteiger partial charge in [0, 0.05) is 6.54 Å². The number of hydrogen-bond acceptors (Lipinski definition) is 3. The molecule has 1 aromatic carbocycles. The lowest BCUT2D eigenvalue weighted by Gasteiger charge is -2.24. The minimum Gasteiger partial charge on any atom is -0.494 e. The number of amides is 1. The zero-order chi connectivity index (χ0) is 15.1. The summed E-state index contributed by atoms with van der Waals surface area (Å²) in [6.07, 6.45) is 0.743. The van der Waals surface area contributed by atoms with Crippen LogP contribution in [0.3, 0.4) is 0 Å². The fraction of sp³-hybridized carbons (Fsp3) is 0.533. The van der Waals surface area contributed by atoms with E-state index in [9.17, 15) is 9.18 Å². The van der Waals surface area contributed by atoms with Crippen molar-refractivity contribution in [2.45, 2.75) is 32.9 Å². The maximum atomic E-state index is 13.5. The highest BCUT2D eigenvalue weighted by Gasteiger charge is 2.19. The zero-order valence-electron chi connectivity index (χ0n) is 12.6. The van der Waals surface area contributed by atoms with Crippen molar-refractivity contribution >= 4 is 5.91 Å². The van der Waals surface area contributed by atoms with Crippen LogP contribution in [0, 0.1) is 5.82 Å². The fourth-order valence-electron chi connectivity index (χ4n) is 2.04. The van der Waals surface area contributed by atoms with Crippen molar-refractivity contribution in [2.75, 3.05) is 20.7 Å². The summed E-state index contributed by atoms with van der Waals surface area (Å²) in [5.41, 5.74) is 0.714. The van der Waals surface area contributed by atoms with Gasteiger partial charge >= 0.3 is 0 Å². The number of halogens is 1. The quantitative estimate of drug-likeness (QED) is 0.833. The first-order chi connectivity index (χ1) is 9.53. The SMILES string of the molecule is CCC(C(=O)NCc1ccc(OC)c(F)c1)N(C)CC. The third-order valence-electron chi connectivity index (χ3n) is 3.40. The van der Waals surface area contributed by atoms with Crippen LogP contribution in [0.4, 0.5) is 4.39 Å². The molecule has 0 radical (unpaired) electrons. The molecule has 0 aliphatic heterocycles. The van der Waals surface area contributed by atoms with E-state index >= 15 is 0 Å². The maximum absolute atomic E-state index is 13.5. The second-order valence-electron chi connectivity index (χ2n) is 4.68. The van der Waals surface area contributed by atoms with Gasteiger partial charge in [0.25, 0.3) is 0 Å². The molecule has 20 heavy (non-hydrogen) atoms. The van der Waals surface area contributed by atoms with Gasteiger partial charge in [0.15, 0.2) is 11.6 Å². The molecule has 0 heterocycles. The van der Waals surface area contributed by atoms with Crippen LogP contribution in [0.1, 0.15) is 25.8 Å². The zero-order valence-corrected chi connectivity index (χ0v) is 12.6. The summed E-state index contributed by atoms with van der Waals surface area (Å²) in [6.45, 7) is 5.11. The van der Waals surface area contributed by atoms with Gasteiger partial charge in [-0.05, 0) is 37.7 Å². The smallest absolute Gasteiger partial charge is 0.237 e. The molecular formula is C15H23FN2O2. The van der Waals surface area contributed by atoms with E-state index in [0.717, 1.165) is 13.0 Å². The third kappa shape index (κ3) is 4.20. The topological polar surface area (TPSA) is 41.6 Å². The predicted octanol–water partition coefficient (Wildman–Crippen LogP) is 2.18. The Hall–Kier alpha value is -1.62. The summed E-state index contributed by atoms with van der Waals surface area (Å²) < 4.78 is 18.4. The van der Waals surface area contributed by atoms with E-state index in [-0.39, 0.29) is 17.7 Å². The summed E-state index contributed by atoms with van der Waals surface area (Å²) in [4.78, 5) is 14.1. The number of carbonyl (C=O) groups is 1. The highest BCUT2D eigenvalue weighted by atomic mass is 19.1. The van der Waals surface area contributed by atoms with Crippen molar-refractivity contribution in [3.63, 3.8) is 0 Å². The molecule has 1 N–H and O–H groups in total. The van der Waals surface area contributed by atoms with Crippen molar-refractivity contribution in [1.82, 2.24) is 10.2 Å². The van der Waals surface area contributed by atoms with Gasteiger partial charge in [-0.1, -0.05) is 19.9 Å². The monoisotopic (exact) mass is 282 g/mol. The maximum Gasteiger partial charge on any atom is 0.237 e. The number of rotatable bonds is 7. The summed E-state index contributed by atoms with van der Waals surface area (Å²) >= 11 is 0. The van der Waals surface area contributed by atoms with Crippen molar-refractivity contribution in [1.29, 1.82) is 0 Å². The van der Waals surface area contributed by atoms with Crippen LogP contribution in [-0.2, 0) is 11.3 Å². The number of hydrogen-bond donors (Lipinski definition) is 1. The Bertz CT molecular complexity index is 451. The van der Waals surface area contributed by atoms with Crippen molar-refractivity contribution in [3.05, 3.63) is 29.6 Å². The first kappa shape index (κ1) is 16.4. The number of likely N-dealkylation sites (N-methyl/N-ethyl adjacent to an activating group) is 1. The van der Waals surface area contributed by atoms with Gasteiger partial charge in [0.05, 0.1) is 13.2 Å². The van der Waals surface area contributed by atoms with Gasteiger partial charge in [-0.2, -0.15) is 0 Å². The molecule has 0 spiro atoms. The van der Waals surface area contributed by atoms with E-state index in [4.69, 9.17) is 4.74 Å². The second kappa shape index (κ2) is 7.85. The normalized spacial score (nSPS) is 12.3. The first-order valence-electron chi connectivity index (χ1n) is 6.83. The minimum atomic E-state index is -0.419. The molecule has 0 saturated carbocycles. The van der Waals surface area contributed by atoms with Gasteiger partial charge in [0.2, 0.25) is 5.91 Å². The largest absolute Gasteiger partial charge is 0.494 e. The second-order valence-corrected chi connectivity index (χ2v) is 4.68. The molecule has 1 atom stereocenters. The highest BCUT2D eigenvalue weighted by Crippen LogP contribution is 2.17. The van der Waals surface area contributed by atoms with Crippen molar-refractivity contribution in [3.8, 4) is 5.75 Å². The summed E-state index contributed by atoms with van der Waals surface area (Å²) in [6, 6.07) is 4.53. The summed E-state index contributed by atoms with van der Waals surface area (Å²) in [5.74, 6) is -0.248. The van der Waals surface area contributed by atoms with Crippen LogP contribution >= 0.6 is 0 Å². The molecule has 0 aliphatic rings. The average molecular weight is 282 g/mol. The van der Waals surface area contributed by atoms with E-state index in [1.165, 1.54) is 13.2 Å². The van der Waals surface area contributed by atoms with Gasteiger partial charge in [0.1, 0.15) is 0 Å². The lowest BCUT2D eigenvalue weighted by Crippen LogP contribution is -2.44. The van der Waals surface area contributed by atoms with Gasteiger partial charge in [-0.25, -0.2) is 4.39 Å². The first-order valence-corrected chi connectivity index (χ1v) is 6.83. The molecule has 0 aromatic heterocycles. The van der Waals surface area contributed by atoms with Crippen LogP contribution in [-0.4, -0.2) is 37.6 Å². The Morgan fingerprint density at radius 2 is 2.15 bits per heavy atom. The molecule has 0 bridgehead atoms. The van der Waals surface area contributed by atoms with Crippen LogP contribution in [0.15, 0.2) is 18.2 Å². The standard InChI is InChI=1S/C15H23FN2O2/c1-5-13(18(3)6-2)15(19)17-10-11-7-8-14(20-4)12(16)9-11/h7-9,13H,5-6,10H2,1-4H3,(H,17,19). The van der Waals surface area contributed by atoms with E-state index in [2.05, 4.69) is 5.32 Å². The molecule has 1 unspecified atom stereocenters. The molecular weight excluding hydrogens is 259 g/mol. The van der Waals surface area contributed by atoms with E-state index < -0.39 is 5.82 Å². The van der Waals surface area contributed by atoms with E-state index in [1.807, 2.05) is 25.8 Å². The van der Waals surface area contributed by atoms with Gasteiger partial charge in [-0.3, -0.25) is 9.69 Å². The third-order valence-corrected chi connectivity index (χ3v) is 3.40. The lowest BCUT2D eigenvalue weighted by atomic mass is 10.1. The fourth-order valence-corrected chi connectivity index (χ4v) is 2.04. The Balaban J connectivity index is 2.62. The van der Waals surface area contributed by atoms with Gasteiger partial charge in [-0.15, -0.1) is 0 Å². The Labute approximate surface area is 119 Å².